The Morgan fingerprint density at radius 1 is 0.833 bits per heavy atom. The second kappa shape index (κ2) is 13.0. The highest BCUT2D eigenvalue weighted by Crippen LogP contribution is 2.15. The van der Waals surface area contributed by atoms with Gasteiger partial charge in [-0.25, -0.2) is 0 Å². The van der Waals surface area contributed by atoms with E-state index < -0.39 is 0 Å². The maximum absolute atomic E-state index is 11.7. The molecule has 0 fully saturated rings. The van der Waals surface area contributed by atoms with E-state index in [2.05, 4.69) is 24.4 Å². The molecular weight excluding hydrogens is 294 g/mol. The molecular formula is C22H37NO. The van der Waals surface area contributed by atoms with Gasteiger partial charge in [0.15, 0.2) is 0 Å². The second-order valence-electron chi connectivity index (χ2n) is 7.27. The Bertz CT molecular complexity index is 436. The summed E-state index contributed by atoms with van der Waals surface area (Å²) in [5, 5.41) is 2.94. The Kier molecular flexibility index (Phi) is 11.3. The van der Waals surface area contributed by atoms with Gasteiger partial charge in [-0.05, 0) is 30.5 Å². The largest absolute Gasteiger partial charge is 0.326 e. The molecule has 0 aliphatic heterocycles. The van der Waals surface area contributed by atoms with Crippen LogP contribution in [0.1, 0.15) is 90.5 Å². The Hall–Kier alpha value is -1.31. The molecule has 1 rings (SSSR count). The van der Waals surface area contributed by atoms with E-state index in [1.165, 1.54) is 69.8 Å². The van der Waals surface area contributed by atoms with Crippen molar-refractivity contribution in [2.75, 3.05) is 5.32 Å². The average Bonchev–Trinajstić information content (AvgIpc) is 2.58. The number of carbonyl (C=O) groups is 1. The molecule has 2 heteroatoms. The van der Waals surface area contributed by atoms with Crippen molar-refractivity contribution < 1.29 is 4.79 Å². The van der Waals surface area contributed by atoms with Crippen LogP contribution in [-0.2, 0) is 11.2 Å². The van der Waals surface area contributed by atoms with Crippen molar-refractivity contribution >= 4 is 11.6 Å². The number of rotatable bonds is 13. The number of benzene rings is 1. The van der Waals surface area contributed by atoms with Crippen LogP contribution in [0.5, 0.6) is 0 Å². The van der Waals surface area contributed by atoms with Gasteiger partial charge >= 0.3 is 0 Å². The first-order valence-electron chi connectivity index (χ1n) is 10.0. The topological polar surface area (TPSA) is 29.1 Å². The van der Waals surface area contributed by atoms with E-state index in [1.807, 2.05) is 26.0 Å². The zero-order valence-electron chi connectivity index (χ0n) is 16.1. The van der Waals surface area contributed by atoms with Crippen LogP contribution in [0.15, 0.2) is 24.3 Å². The predicted molar refractivity (Wildman–Crippen MR) is 105 cm³/mol. The molecule has 0 bridgehead atoms. The van der Waals surface area contributed by atoms with Crippen molar-refractivity contribution in [3.63, 3.8) is 0 Å². The molecule has 1 aromatic carbocycles. The molecule has 1 aromatic rings. The van der Waals surface area contributed by atoms with Crippen LogP contribution < -0.4 is 5.32 Å². The Morgan fingerprint density at radius 2 is 1.33 bits per heavy atom. The van der Waals surface area contributed by atoms with E-state index in [9.17, 15) is 4.79 Å². The molecule has 0 aliphatic rings. The smallest absolute Gasteiger partial charge is 0.226 e. The summed E-state index contributed by atoms with van der Waals surface area (Å²) in [6.45, 7) is 6.10. The molecule has 0 heterocycles. The number of hydrogen-bond acceptors (Lipinski definition) is 1. The van der Waals surface area contributed by atoms with E-state index in [4.69, 9.17) is 0 Å². The fourth-order valence-corrected chi connectivity index (χ4v) is 2.86. The lowest BCUT2D eigenvalue weighted by Gasteiger charge is -2.08. The molecule has 2 nitrogen and oxygen atoms in total. The van der Waals surface area contributed by atoms with Crippen molar-refractivity contribution in [3.05, 3.63) is 29.8 Å². The van der Waals surface area contributed by atoms with Gasteiger partial charge in [0, 0.05) is 11.6 Å². The SMILES string of the molecule is CCCCCCCCCCCCc1ccc(NC(=O)C(C)C)cc1. The molecule has 0 atom stereocenters. The van der Waals surface area contributed by atoms with Gasteiger partial charge in [0.1, 0.15) is 0 Å². The summed E-state index contributed by atoms with van der Waals surface area (Å²) >= 11 is 0. The number of anilines is 1. The highest BCUT2D eigenvalue weighted by atomic mass is 16.1. The first-order valence-corrected chi connectivity index (χ1v) is 10.0. The summed E-state index contributed by atoms with van der Waals surface area (Å²) in [5.41, 5.74) is 2.28. The summed E-state index contributed by atoms with van der Waals surface area (Å²) in [5.74, 6) is 0.105. The number of amides is 1. The zero-order chi connectivity index (χ0) is 17.6. The number of unbranched alkanes of at least 4 members (excludes halogenated alkanes) is 9. The molecule has 1 amide bonds. The number of hydrogen-bond donors (Lipinski definition) is 1. The number of carbonyl (C=O) groups excluding carboxylic acids is 1. The first-order chi connectivity index (χ1) is 11.6. The lowest BCUT2D eigenvalue weighted by Crippen LogP contribution is -2.17. The Labute approximate surface area is 149 Å². The Morgan fingerprint density at radius 3 is 1.83 bits per heavy atom. The van der Waals surface area contributed by atoms with Crippen molar-refractivity contribution in [3.8, 4) is 0 Å². The average molecular weight is 332 g/mol. The highest BCUT2D eigenvalue weighted by molar-refractivity contribution is 5.91. The maximum atomic E-state index is 11.7. The summed E-state index contributed by atoms with van der Waals surface area (Å²) < 4.78 is 0. The molecule has 0 aliphatic carbocycles. The van der Waals surface area contributed by atoms with Gasteiger partial charge in [0.25, 0.3) is 0 Å². The number of nitrogens with one attached hydrogen (secondary N) is 1. The van der Waals surface area contributed by atoms with Gasteiger partial charge in [0.2, 0.25) is 5.91 Å². The summed E-state index contributed by atoms with van der Waals surface area (Å²) in [6.07, 6.45) is 14.9. The van der Waals surface area contributed by atoms with E-state index in [1.54, 1.807) is 0 Å². The van der Waals surface area contributed by atoms with Gasteiger partial charge < -0.3 is 5.32 Å². The molecule has 1 N–H and O–H groups in total. The van der Waals surface area contributed by atoms with E-state index in [0.717, 1.165) is 12.1 Å². The zero-order valence-corrected chi connectivity index (χ0v) is 16.1. The van der Waals surface area contributed by atoms with Crippen LogP contribution >= 0.6 is 0 Å². The molecule has 24 heavy (non-hydrogen) atoms. The summed E-state index contributed by atoms with van der Waals surface area (Å²) in [4.78, 5) is 11.7. The third-order valence-corrected chi connectivity index (χ3v) is 4.56. The minimum atomic E-state index is 0.0244. The molecule has 136 valence electrons. The van der Waals surface area contributed by atoms with Crippen molar-refractivity contribution in [2.45, 2.75) is 91.4 Å². The first kappa shape index (κ1) is 20.7. The minimum Gasteiger partial charge on any atom is -0.326 e. The molecule has 0 spiro atoms. The van der Waals surface area contributed by atoms with Crippen LogP contribution in [0.25, 0.3) is 0 Å². The third kappa shape index (κ3) is 9.75. The predicted octanol–water partition coefficient (Wildman–Crippen LogP) is 6.74. The van der Waals surface area contributed by atoms with Crippen molar-refractivity contribution in [2.24, 2.45) is 5.92 Å². The van der Waals surface area contributed by atoms with Crippen LogP contribution in [0.4, 0.5) is 5.69 Å². The van der Waals surface area contributed by atoms with Crippen molar-refractivity contribution in [1.82, 2.24) is 0 Å². The van der Waals surface area contributed by atoms with Crippen LogP contribution in [0, 0.1) is 5.92 Å². The second-order valence-corrected chi connectivity index (χ2v) is 7.27. The summed E-state index contributed by atoms with van der Waals surface area (Å²) in [7, 11) is 0. The van der Waals surface area contributed by atoms with Gasteiger partial charge in [-0.1, -0.05) is 90.7 Å². The molecule has 0 radical (unpaired) electrons. The minimum absolute atomic E-state index is 0.0244. The quantitative estimate of drug-likeness (QED) is 0.398. The standard InChI is InChI=1S/C22H37NO/c1-4-5-6-7-8-9-10-11-12-13-14-20-15-17-21(18-16-20)23-22(24)19(2)3/h15-19H,4-14H2,1-3H3,(H,23,24). The number of aryl methyl sites for hydroxylation is 1. The van der Waals surface area contributed by atoms with Gasteiger partial charge in [-0.2, -0.15) is 0 Å². The lowest BCUT2D eigenvalue weighted by atomic mass is 10.0. The normalized spacial score (nSPS) is 11.0. The molecule has 0 saturated carbocycles. The fourth-order valence-electron chi connectivity index (χ4n) is 2.86. The van der Waals surface area contributed by atoms with E-state index in [0.29, 0.717) is 0 Å². The van der Waals surface area contributed by atoms with Crippen LogP contribution in [0.2, 0.25) is 0 Å². The third-order valence-electron chi connectivity index (χ3n) is 4.56. The van der Waals surface area contributed by atoms with Gasteiger partial charge in [0.05, 0.1) is 0 Å². The van der Waals surface area contributed by atoms with Crippen LogP contribution in [-0.4, -0.2) is 5.91 Å². The van der Waals surface area contributed by atoms with Gasteiger partial charge in [-0.15, -0.1) is 0 Å². The van der Waals surface area contributed by atoms with E-state index >= 15 is 0 Å². The fraction of sp³-hybridized carbons (Fsp3) is 0.682. The van der Waals surface area contributed by atoms with Crippen molar-refractivity contribution in [1.29, 1.82) is 0 Å². The molecule has 0 unspecified atom stereocenters. The monoisotopic (exact) mass is 331 g/mol. The molecule has 0 saturated heterocycles. The maximum Gasteiger partial charge on any atom is 0.226 e. The van der Waals surface area contributed by atoms with Gasteiger partial charge in [-0.3, -0.25) is 4.79 Å². The summed E-state index contributed by atoms with van der Waals surface area (Å²) in [6, 6.07) is 8.32. The highest BCUT2D eigenvalue weighted by Gasteiger charge is 2.06. The Balaban J connectivity index is 2.06. The lowest BCUT2D eigenvalue weighted by molar-refractivity contribution is -0.118. The molecule has 0 aromatic heterocycles. The van der Waals surface area contributed by atoms with Crippen LogP contribution in [0.3, 0.4) is 0 Å². The van der Waals surface area contributed by atoms with E-state index in [-0.39, 0.29) is 11.8 Å².